The van der Waals surface area contributed by atoms with Gasteiger partial charge < -0.3 is 4.90 Å². The molecular formula is C11H21F2N3. The van der Waals surface area contributed by atoms with Crippen LogP contribution >= 0.6 is 0 Å². The van der Waals surface area contributed by atoms with Crippen molar-refractivity contribution < 1.29 is 8.78 Å². The Hall–Kier alpha value is -0.730. The van der Waals surface area contributed by atoms with Crippen LogP contribution in [0.4, 0.5) is 8.78 Å². The molecule has 0 aromatic carbocycles. The Morgan fingerprint density at radius 2 is 2.12 bits per heavy atom. The van der Waals surface area contributed by atoms with Crippen LogP contribution in [0.25, 0.3) is 0 Å². The van der Waals surface area contributed by atoms with E-state index in [4.69, 9.17) is 5.26 Å². The standard InChI is InChI=1S/C11H21F2N3/c1-4-15-11(2,9-14)6-5-7-16(3)8-10(12)13/h10,15H,4-8H2,1-3H3. The molecule has 3 nitrogen and oxygen atoms in total. The molecule has 0 saturated carbocycles. The third kappa shape index (κ3) is 6.70. The van der Waals surface area contributed by atoms with Gasteiger partial charge in [-0.1, -0.05) is 6.92 Å². The molecule has 0 amide bonds. The lowest BCUT2D eigenvalue weighted by Crippen LogP contribution is -2.41. The van der Waals surface area contributed by atoms with Crippen LogP contribution in [0.1, 0.15) is 26.7 Å². The van der Waals surface area contributed by atoms with Crippen LogP contribution in [-0.4, -0.2) is 43.5 Å². The first-order valence-electron chi connectivity index (χ1n) is 5.56. The maximum absolute atomic E-state index is 12.0. The van der Waals surface area contributed by atoms with Crippen molar-refractivity contribution in [1.29, 1.82) is 5.26 Å². The van der Waals surface area contributed by atoms with E-state index in [1.165, 1.54) is 0 Å². The molecule has 0 saturated heterocycles. The van der Waals surface area contributed by atoms with Gasteiger partial charge in [0.2, 0.25) is 0 Å². The summed E-state index contributed by atoms with van der Waals surface area (Å²) in [6.45, 7) is 4.90. The quantitative estimate of drug-likeness (QED) is 0.695. The van der Waals surface area contributed by atoms with E-state index in [-0.39, 0.29) is 6.54 Å². The number of nitrogens with zero attached hydrogens (tertiary/aromatic N) is 2. The smallest absolute Gasteiger partial charge is 0.251 e. The Morgan fingerprint density at radius 3 is 2.56 bits per heavy atom. The summed E-state index contributed by atoms with van der Waals surface area (Å²) >= 11 is 0. The van der Waals surface area contributed by atoms with E-state index >= 15 is 0 Å². The first-order chi connectivity index (χ1) is 7.43. The van der Waals surface area contributed by atoms with Gasteiger partial charge in [-0.05, 0) is 39.9 Å². The molecule has 0 aliphatic carbocycles. The lowest BCUT2D eigenvalue weighted by Gasteiger charge is -2.24. The number of nitrogens with one attached hydrogen (secondary N) is 1. The predicted octanol–water partition coefficient (Wildman–Crippen LogP) is 1.86. The summed E-state index contributed by atoms with van der Waals surface area (Å²) in [7, 11) is 1.67. The van der Waals surface area contributed by atoms with Crippen molar-refractivity contribution in [2.24, 2.45) is 0 Å². The minimum absolute atomic E-state index is 0.204. The minimum Gasteiger partial charge on any atom is -0.301 e. The van der Waals surface area contributed by atoms with Gasteiger partial charge in [0.1, 0.15) is 5.54 Å². The SMILES string of the molecule is CCNC(C)(C#N)CCCN(C)CC(F)F. The largest absolute Gasteiger partial charge is 0.301 e. The Kier molecular flexibility index (Phi) is 7.18. The van der Waals surface area contributed by atoms with E-state index in [1.807, 2.05) is 13.8 Å². The van der Waals surface area contributed by atoms with E-state index in [0.717, 1.165) is 13.0 Å². The van der Waals surface area contributed by atoms with E-state index in [0.29, 0.717) is 13.0 Å². The summed E-state index contributed by atoms with van der Waals surface area (Å²) in [6.07, 6.45) is -0.883. The molecule has 0 aromatic rings. The van der Waals surface area contributed by atoms with Gasteiger partial charge in [-0.15, -0.1) is 0 Å². The van der Waals surface area contributed by atoms with E-state index in [9.17, 15) is 8.78 Å². The Balaban J connectivity index is 3.83. The van der Waals surface area contributed by atoms with Crippen LogP contribution in [0.5, 0.6) is 0 Å². The van der Waals surface area contributed by atoms with Crippen LogP contribution in [0, 0.1) is 11.3 Å². The molecule has 0 radical (unpaired) electrons. The molecule has 1 unspecified atom stereocenters. The summed E-state index contributed by atoms with van der Waals surface area (Å²) in [5.41, 5.74) is -0.541. The van der Waals surface area contributed by atoms with Crippen molar-refractivity contribution in [2.75, 3.05) is 26.7 Å². The molecule has 0 spiro atoms. The van der Waals surface area contributed by atoms with E-state index in [1.54, 1.807) is 11.9 Å². The van der Waals surface area contributed by atoms with Crippen molar-refractivity contribution in [3.8, 4) is 6.07 Å². The van der Waals surface area contributed by atoms with Gasteiger partial charge in [0.15, 0.2) is 0 Å². The van der Waals surface area contributed by atoms with E-state index in [2.05, 4.69) is 11.4 Å². The van der Waals surface area contributed by atoms with E-state index < -0.39 is 12.0 Å². The molecule has 0 aliphatic rings. The highest BCUT2D eigenvalue weighted by atomic mass is 19.3. The highest BCUT2D eigenvalue weighted by Gasteiger charge is 2.21. The third-order valence-electron chi connectivity index (χ3n) is 2.48. The summed E-state index contributed by atoms with van der Waals surface area (Å²) in [5, 5.41) is 12.1. The molecule has 0 aromatic heterocycles. The highest BCUT2D eigenvalue weighted by molar-refractivity contribution is 5.03. The van der Waals surface area contributed by atoms with Gasteiger partial charge in [-0.25, -0.2) is 8.78 Å². The second-order valence-corrected chi connectivity index (χ2v) is 4.23. The van der Waals surface area contributed by atoms with Crippen molar-refractivity contribution in [1.82, 2.24) is 10.2 Å². The maximum atomic E-state index is 12.0. The van der Waals surface area contributed by atoms with Crippen molar-refractivity contribution in [2.45, 2.75) is 38.7 Å². The molecular weight excluding hydrogens is 212 g/mol. The van der Waals surface area contributed by atoms with Crippen LogP contribution in [0.2, 0.25) is 0 Å². The number of rotatable bonds is 8. The van der Waals surface area contributed by atoms with Gasteiger partial charge in [0.05, 0.1) is 12.6 Å². The fraction of sp³-hybridized carbons (Fsp3) is 0.909. The molecule has 0 aliphatic heterocycles. The predicted molar refractivity (Wildman–Crippen MR) is 60.4 cm³/mol. The molecule has 1 N–H and O–H groups in total. The molecule has 5 heteroatoms. The first kappa shape index (κ1) is 15.3. The Bertz CT molecular complexity index is 228. The lowest BCUT2D eigenvalue weighted by atomic mass is 9.97. The fourth-order valence-corrected chi connectivity index (χ4v) is 1.60. The second kappa shape index (κ2) is 7.53. The van der Waals surface area contributed by atoms with Gasteiger partial charge >= 0.3 is 0 Å². The van der Waals surface area contributed by atoms with Crippen molar-refractivity contribution >= 4 is 0 Å². The summed E-state index contributed by atoms with van der Waals surface area (Å²) in [6, 6.07) is 2.22. The topological polar surface area (TPSA) is 39.1 Å². The molecule has 0 fully saturated rings. The zero-order valence-corrected chi connectivity index (χ0v) is 10.3. The van der Waals surface area contributed by atoms with Crippen LogP contribution < -0.4 is 5.32 Å². The number of nitriles is 1. The van der Waals surface area contributed by atoms with Gasteiger partial charge in [0, 0.05) is 0 Å². The zero-order valence-electron chi connectivity index (χ0n) is 10.3. The Morgan fingerprint density at radius 1 is 1.50 bits per heavy atom. The molecule has 1 atom stereocenters. The zero-order chi connectivity index (χ0) is 12.6. The summed E-state index contributed by atoms with van der Waals surface area (Å²) < 4.78 is 24.1. The number of halogens is 2. The highest BCUT2D eigenvalue weighted by Crippen LogP contribution is 2.11. The van der Waals surface area contributed by atoms with Crippen molar-refractivity contribution in [3.05, 3.63) is 0 Å². The molecule has 0 rings (SSSR count). The van der Waals surface area contributed by atoms with Crippen LogP contribution in [-0.2, 0) is 0 Å². The fourth-order valence-electron chi connectivity index (χ4n) is 1.60. The van der Waals surface area contributed by atoms with Crippen molar-refractivity contribution in [3.63, 3.8) is 0 Å². The van der Waals surface area contributed by atoms with Gasteiger partial charge in [0.25, 0.3) is 6.43 Å². The summed E-state index contributed by atoms with van der Waals surface area (Å²) in [5.74, 6) is 0. The minimum atomic E-state index is -2.29. The molecule has 16 heavy (non-hydrogen) atoms. The summed E-state index contributed by atoms with van der Waals surface area (Å²) in [4.78, 5) is 1.59. The maximum Gasteiger partial charge on any atom is 0.251 e. The van der Waals surface area contributed by atoms with Crippen LogP contribution in [0.15, 0.2) is 0 Å². The van der Waals surface area contributed by atoms with Gasteiger partial charge in [-0.3, -0.25) is 5.32 Å². The molecule has 0 heterocycles. The number of hydrogen-bond donors (Lipinski definition) is 1. The average molecular weight is 233 g/mol. The average Bonchev–Trinajstić information content (AvgIpc) is 2.17. The second-order valence-electron chi connectivity index (χ2n) is 4.23. The lowest BCUT2D eigenvalue weighted by molar-refractivity contribution is 0.0990. The van der Waals surface area contributed by atoms with Gasteiger partial charge in [-0.2, -0.15) is 5.26 Å². The normalized spacial score (nSPS) is 15.1. The Labute approximate surface area is 96.4 Å². The number of hydrogen-bond acceptors (Lipinski definition) is 3. The van der Waals surface area contributed by atoms with Crippen LogP contribution in [0.3, 0.4) is 0 Å². The number of alkyl halides is 2. The monoisotopic (exact) mass is 233 g/mol. The molecule has 94 valence electrons. The first-order valence-corrected chi connectivity index (χ1v) is 5.56. The molecule has 0 bridgehead atoms. The third-order valence-corrected chi connectivity index (χ3v) is 2.48.